The van der Waals surface area contributed by atoms with Gasteiger partial charge in [0.15, 0.2) is 0 Å². The molecule has 0 aliphatic heterocycles. The van der Waals surface area contributed by atoms with Crippen molar-refractivity contribution in [1.29, 1.82) is 0 Å². The lowest BCUT2D eigenvalue weighted by Crippen LogP contribution is -2.37. The average Bonchev–Trinajstić information content (AvgIpc) is 2.52. The lowest BCUT2D eigenvalue weighted by Gasteiger charge is -2.21. The molecule has 0 saturated carbocycles. The molecule has 0 saturated heterocycles. The molecule has 0 radical (unpaired) electrons. The molecule has 1 atom stereocenters. The van der Waals surface area contributed by atoms with Gasteiger partial charge in [-0.05, 0) is 18.2 Å². The van der Waals surface area contributed by atoms with E-state index in [1.54, 1.807) is 0 Å². The number of halogens is 3. The van der Waals surface area contributed by atoms with E-state index in [0.717, 1.165) is 18.1 Å². The highest BCUT2D eigenvalue weighted by atomic mass is 19.4. The predicted molar refractivity (Wildman–Crippen MR) is 81.2 cm³/mol. The highest BCUT2D eigenvalue weighted by molar-refractivity contribution is 6.01. The Morgan fingerprint density at radius 2 is 1.92 bits per heavy atom. The zero-order valence-electron chi connectivity index (χ0n) is 13.7. The smallest absolute Gasteiger partial charge is 0.416 e. The number of methoxy groups -OCH3 is 1. The molecule has 2 N–H and O–H groups in total. The van der Waals surface area contributed by atoms with E-state index >= 15 is 0 Å². The summed E-state index contributed by atoms with van der Waals surface area (Å²) in [6.45, 7) is 1.20. The van der Waals surface area contributed by atoms with Crippen LogP contribution in [0.2, 0.25) is 0 Å². The Balaban J connectivity index is 3.10. The fourth-order valence-electron chi connectivity index (χ4n) is 1.89. The van der Waals surface area contributed by atoms with Gasteiger partial charge in [0.2, 0.25) is 0 Å². The normalized spacial score (nSPS) is 12.2. The monoisotopic (exact) mass is 362 g/mol. The summed E-state index contributed by atoms with van der Waals surface area (Å²) in [6.07, 6.45) is -4.67. The first-order valence-corrected chi connectivity index (χ1v) is 7.01. The summed E-state index contributed by atoms with van der Waals surface area (Å²) in [5.41, 5.74) is -1.71. The second-order valence-corrected chi connectivity index (χ2v) is 5.30. The average molecular weight is 362 g/mol. The number of rotatable bonds is 5. The van der Waals surface area contributed by atoms with Gasteiger partial charge in [0, 0.05) is 13.6 Å². The first-order chi connectivity index (χ1) is 11.5. The van der Waals surface area contributed by atoms with E-state index in [0.29, 0.717) is 12.1 Å². The van der Waals surface area contributed by atoms with Crippen LogP contribution in [-0.4, -0.2) is 48.7 Å². The van der Waals surface area contributed by atoms with E-state index in [-0.39, 0.29) is 17.8 Å². The molecule has 0 heterocycles. The summed E-state index contributed by atoms with van der Waals surface area (Å²) in [7, 11) is 2.33. The molecule has 1 aromatic rings. The first-order valence-electron chi connectivity index (χ1n) is 7.01. The number of hydrogen-bond acceptors (Lipinski definition) is 4. The number of urea groups is 1. The third-order valence-electron chi connectivity index (χ3n) is 3.31. The van der Waals surface area contributed by atoms with E-state index < -0.39 is 35.6 Å². The van der Waals surface area contributed by atoms with Gasteiger partial charge in [0.1, 0.15) is 0 Å². The van der Waals surface area contributed by atoms with E-state index in [1.807, 2.05) is 0 Å². The molecule has 0 aliphatic rings. The number of carbonyl (C=O) groups excluding carboxylic acids is 2. The summed E-state index contributed by atoms with van der Waals surface area (Å²) >= 11 is 0. The molecular formula is C15H17F3N2O5. The molecule has 25 heavy (non-hydrogen) atoms. The molecule has 138 valence electrons. The van der Waals surface area contributed by atoms with Crippen LogP contribution >= 0.6 is 0 Å². The topological polar surface area (TPSA) is 95.9 Å². The molecule has 0 fully saturated rings. The van der Waals surface area contributed by atoms with Gasteiger partial charge < -0.3 is 20.1 Å². The summed E-state index contributed by atoms with van der Waals surface area (Å²) < 4.78 is 43.0. The van der Waals surface area contributed by atoms with Gasteiger partial charge >= 0.3 is 24.1 Å². The molecule has 0 aliphatic carbocycles. The Labute approximate surface area is 141 Å². The van der Waals surface area contributed by atoms with Crippen molar-refractivity contribution in [2.75, 3.05) is 26.0 Å². The number of carboxylic acids is 1. The second kappa shape index (κ2) is 7.86. The number of alkyl halides is 3. The third kappa shape index (κ3) is 5.37. The summed E-state index contributed by atoms with van der Waals surface area (Å²) in [4.78, 5) is 35.5. The standard InChI is InChI=1S/C15H17F3N2O5/c1-8(12(21)22)7-20(2)14(24)19-11-6-9(15(16,17)18)4-5-10(11)13(23)25-3/h4-6,8H,7H2,1-3H3,(H,19,24)(H,21,22). The zero-order valence-corrected chi connectivity index (χ0v) is 13.7. The van der Waals surface area contributed by atoms with E-state index in [1.165, 1.54) is 14.0 Å². The van der Waals surface area contributed by atoms with Crippen LogP contribution in [0.25, 0.3) is 0 Å². The Bertz CT molecular complexity index is 676. The van der Waals surface area contributed by atoms with Crippen LogP contribution in [0, 0.1) is 5.92 Å². The lowest BCUT2D eigenvalue weighted by atomic mass is 10.1. The summed E-state index contributed by atoms with van der Waals surface area (Å²) in [5, 5.41) is 11.0. The third-order valence-corrected chi connectivity index (χ3v) is 3.31. The maximum atomic E-state index is 12.8. The van der Waals surface area contributed by atoms with Crippen molar-refractivity contribution in [3.05, 3.63) is 29.3 Å². The number of aliphatic carboxylic acids is 1. The SMILES string of the molecule is COC(=O)c1ccc(C(F)(F)F)cc1NC(=O)N(C)CC(C)C(=O)O. The van der Waals surface area contributed by atoms with Crippen LogP contribution in [0.4, 0.5) is 23.7 Å². The van der Waals surface area contributed by atoms with E-state index in [4.69, 9.17) is 5.11 Å². The fraction of sp³-hybridized carbons (Fsp3) is 0.400. The molecular weight excluding hydrogens is 345 g/mol. The number of carboxylic acid groups (broad SMARTS) is 1. The minimum absolute atomic E-state index is 0.173. The number of nitrogens with one attached hydrogen (secondary N) is 1. The number of ether oxygens (including phenoxy) is 1. The van der Waals surface area contributed by atoms with E-state index in [9.17, 15) is 27.6 Å². The van der Waals surface area contributed by atoms with Crippen LogP contribution < -0.4 is 5.32 Å². The van der Waals surface area contributed by atoms with Gasteiger partial charge in [-0.25, -0.2) is 9.59 Å². The molecule has 7 nitrogen and oxygen atoms in total. The van der Waals surface area contributed by atoms with Crippen molar-refractivity contribution in [2.45, 2.75) is 13.1 Å². The number of esters is 1. The predicted octanol–water partition coefficient (Wildman–Crippen LogP) is 2.68. The largest absolute Gasteiger partial charge is 0.481 e. The van der Waals surface area contributed by atoms with Crippen molar-refractivity contribution < 1.29 is 37.4 Å². The van der Waals surface area contributed by atoms with Gasteiger partial charge in [-0.3, -0.25) is 4.79 Å². The van der Waals surface area contributed by atoms with Crippen molar-refractivity contribution in [1.82, 2.24) is 4.90 Å². The summed E-state index contributed by atoms with van der Waals surface area (Å²) in [5.74, 6) is -2.93. The van der Waals surface area contributed by atoms with Gasteiger partial charge in [-0.1, -0.05) is 6.92 Å². The van der Waals surface area contributed by atoms with Crippen LogP contribution in [-0.2, 0) is 15.7 Å². The maximum absolute atomic E-state index is 12.8. The van der Waals surface area contributed by atoms with Crippen LogP contribution in [0.3, 0.4) is 0 Å². The number of amides is 2. The Morgan fingerprint density at radius 1 is 1.32 bits per heavy atom. The molecule has 1 rings (SSSR count). The molecule has 0 spiro atoms. The van der Waals surface area contributed by atoms with Crippen LogP contribution in [0.15, 0.2) is 18.2 Å². The Hall–Kier alpha value is -2.78. The highest BCUT2D eigenvalue weighted by Crippen LogP contribution is 2.32. The quantitative estimate of drug-likeness (QED) is 0.785. The van der Waals surface area contributed by atoms with Crippen LogP contribution in [0.1, 0.15) is 22.8 Å². The lowest BCUT2D eigenvalue weighted by molar-refractivity contribution is -0.141. The highest BCUT2D eigenvalue weighted by Gasteiger charge is 2.32. The van der Waals surface area contributed by atoms with Crippen LogP contribution in [0.5, 0.6) is 0 Å². The Morgan fingerprint density at radius 3 is 2.40 bits per heavy atom. The number of hydrogen-bond donors (Lipinski definition) is 2. The minimum Gasteiger partial charge on any atom is -0.481 e. The number of anilines is 1. The fourth-order valence-corrected chi connectivity index (χ4v) is 1.89. The number of benzene rings is 1. The molecule has 0 aromatic heterocycles. The second-order valence-electron chi connectivity index (χ2n) is 5.30. The molecule has 10 heteroatoms. The van der Waals surface area contributed by atoms with Gasteiger partial charge in [0.05, 0.1) is 29.8 Å². The molecule has 0 bridgehead atoms. The zero-order chi connectivity index (χ0) is 19.4. The van der Waals surface area contributed by atoms with Crippen molar-refractivity contribution in [2.24, 2.45) is 5.92 Å². The van der Waals surface area contributed by atoms with Crippen molar-refractivity contribution in [3.63, 3.8) is 0 Å². The maximum Gasteiger partial charge on any atom is 0.416 e. The van der Waals surface area contributed by atoms with Gasteiger partial charge in [0.25, 0.3) is 0 Å². The molecule has 1 unspecified atom stereocenters. The number of carbonyl (C=O) groups is 3. The minimum atomic E-state index is -4.67. The van der Waals surface area contributed by atoms with E-state index in [2.05, 4.69) is 10.1 Å². The van der Waals surface area contributed by atoms with Gasteiger partial charge in [-0.2, -0.15) is 13.2 Å². The Kier molecular flexibility index (Phi) is 6.37. The molecule has 2 amide bonds. The van der Waals surface area contributed by atoms with Crippen molar-refractivity contribution in [3.8, 4) is 0 Å². The number of nitrogens with zero attached hydrogens (tertiary/aromatic N) is 1. The van der Waals surface area contributed by atoms with Crippen molar-refractivity contribution >= 4 is 23.7 Å². The summed E-state index contributed by atoms with van der Waals surface area (Å²) in [6, 6.07) is 1.33. The van der Waals surface area contributed by atoms with Gasteiger partial charge in [-0.15, -0.1) is 0 Å². The first kappa shape index (κ1) is 20.3. The molecule has 1 aromatic carbocycles.